The van der Waals surface area contributed by atoms with E-state index >= 15 is 0 Å². The molecule has 0 amide bonds. The van der Waals surface area contributed by atoms with Gasteiger partial charge < -0.3 is 4.90 Å². The third-order valence-corrected chi connectivity index (χ3v) is 4.50. The molecule has 22 heavy (non-hydrogen) atoms. The Balaban J connectivity index is 2.41. The largest absolute Gasteiger partial charge is 0.361 e. The van der Waals surface area contributed by atoms with E-state index in [0.717, 1.165) is 0 Å². The Labute approximate surface area is 134 Å². The molecule has 0 fully saturated rings. The molecule has 0 radical (unpaired) electrons. The second kappa shape index (κ2) is 6.22. The maximum Gasteiger partial charge on any atom is 0.262 e. The number of benzene rings is 1. The lowest BCUT2D eigenvalue weighted by Crippen LogP contribution is -2.18. The van der Waals surface area contributed by atoms with Gasteiger partial charge >= 0.3 is 0 Å². The number of pyridine rings is 1. The summed E-state index contributed by atoms with van der Waals surface area (Å²) in [4.78, 5) is 5.81. The summed E-state index contributed by atoms with van der Waals surface area (Å²) in [5.41, 5.74) is 0.573. The third kappa shape index (κ3) is 3.30. The molecule has 2 rings (SSSR count). The minimum absolute atomic E-state index is 0.0231. The van der Waals surface area contributed by atoms with Gasteiger partial charge in [0.15, 0.2) is 5.82 Å². The van der Waals surface area contributed by atoms with Crippen molar-refractivity contribution in [2.45, 2.75) is 4.90 Å². The third-order valence-electron chi connectivity index (χ3n) is 2.83. The monoisotopic (exact) mass is 336 g/mol. The van der Waals surface area contributed by atoms with Gasteiger partial charge in [-0.2, -0.15) is 5.26 Å². The van der Waals surface area contributed by atoms with Crippen LogP contribution in [0.1, 0.15) is 5.56 Å². The zero-order valence-electron chi connectivity index (χ0n) is 11.9. The van der Waals surface area contributed by atoms with E-state index in [4.69, 9.17) is 16.9 Å². The lowest BCUT2D eigenvalue weighted by atomic mass is 10.2. The van der Waals surface area contributed by atoms with E-state index in [2.05, 4.69) is 9.71 Å². The number of sulfonamides is 1. The fourth-order valence-electron chi connectivity index (χ4n) is 1.79. The lowest BCUT2D eigenvalue weighted by molar-refractivity contribution is 0.601. The normalized spacial score (nSPS) is 10.8. The highest BCUT2D eigenvalue weighted by molar-refractivity contribution is 7.92. The van der Waals surface area contributed by atoms with E-state index < -0.39 is 10.0 Å². The van der Waals surface area contributed by atoms with Crippen LogP contribution in [-0.2, 0) is 10.0 Å². The molecule has 0 atom stereocenters. The van der Waals surface area contributed by atoms with Crippen molar-refractivity contribution in [2.75, 3.05) is 23.7 Å². The van der Waals surface area contributed by atoms with Crippen LogP contribution < -0.4 is 9.62 Å². The second-order valence-electron chi connectivity index (χ2n) is 4.63. The number of anilines is 2. The van der Waals surface area contributed by atoms with Crippen molar-refractivity contribution in [3.8, 4) is 6.07 Å². The van der Waals surface area contributed by atoms with E-state index in [0.29, 0.717) is 11.5 Å². The van der Waals surface area contributed by atoms with Crippen molar-refractivity contribution in [3.63, 3.8) is 0 Å². The molecule has 1 aromatic carbocycles. The van der Waals surface area contributed by atoms with Crippen LogP contribution in [0.2, 0.25) is 5.02 Å². The fraction of sp³-hybridized carbons (Fsp3) is 0.143. The van der Waals surface area contributed by atoms with Gasteiger partial charge in [0.05, 0.1) is 21.2 Å². The van der Waals surface area contributed by atoms with Crippen molar-refractivity contribution in [2.24, 2.45) is 0 Å². The number of hydrogen-bond donors (Lipinski definition) is 1. The van der Waals surface area contributed by atoms with Gasteiger partial charge in [0.25, 0.3) is 10.0 Å². The average Bonchev–Trinajstić information content (AvgIpc) is 2.47. The van der Waals surface area contributed by atoms with Gasteiger partial charge in [-0.1, -0.05) is 11.6 Å². The Morgan fingerprint density at radius 3 is 2.64 bits per heavy atom. The van der Waals surface area contributed by atoms with Gasteiger partial charge in [-0.25, -0.2) is 13.4 Å². The molecular weight excluding hydrogens is 324 g/mol. The SMILES string of the molecule is CN(C)c1ncccc1NS(=O)(=O)c1ccc(C#N)c(Cl)c1. The molecule has 8 heteroatoms. The van der Waals surface area contributed by atoms with Gasteiger partial charge in [0, 0.05) is 20.3 Å². The van der Waals surface area contributed by atoms with E-state index in [1.165, 1.54) is 18.2 Å². The fourth-order valence-corrected chi connectivity index (χ4v) is 3.16. The predicted octanol–water partition coefficient (Wildman–Crippen LogP) is 2.47. The number of rotatable bonds is 4. The zero-order valence-corrected chi connectivity index (χ0v) is 13.5. The number of nitrogens with one attached hydrogen (secondary N) is 1. The summed E-state index contributed by atoms with van der Waals surface area (Å²) in [5.74, 6) is 0.491. The summed E-state index contributed by atoms with van der Waals surface area (Å²) >= 11 is 5.88. The molecule has 0 aliphatic rings. The van der Waals surface area contributed by atoms with Crippen LogP contribution in [0.15, 0.2) is 41.4 Å². The summed E-state index contributed by atoms with van der Waals surface area (Å²) in [6.45, 7) is 0. The maximum atomic E-state index is 12.4. The standard InChI is InChI=1S/C14H13ClN4O2S/c1-19(2)14-13(4-3-7-17-14)18-22(20,21)11-6-5-10(9-16)12(15)8-11/h3-8,18H,1-2H3. The highest BCUT2D eigenvalue weighted by Crippen LogP contribution is 2.26. The average molecular weight is 337 g/mol. The van der Waals surface area contributed by atoms with Gasteiger partial charge in [-0.05, 0) is 30.3 Å². The predicted molar refractivity (Wildman–Crippen MR) is 85.5 cm³/mol. The first-order chi connectivity index (χ1) is 10.3. The van der Waals surface area contributed by atoms with Gasteiger partial charge in [-0.3, -0.25) is 4.72 Å². The topological polar surface area (TPSA) is 86.1 Å². The van der Waals surface area contributed by atoms with Gasteiger partial charge in [-0.15, -0.1) is 0 Å². The molecule has 0 saturated carbocycles. The van der Waals surface area contributed by atoms with Crippen molar-refractivity contribution in [1.29, 1.82) is 5.26 Å². The molecule has 1 aromatic heterocycles. The molecule has 0 aliphatic heterocycles. The minimum Gasteiger partial charge on any atom is -0.361 e. The van der Waals surface area contributed by atoms with E-state index in [9.17, 15) is 8.42 Å². The van der Waals surface area contributed by atoms with E-state index in [-0.39, 0.29) is 15.5 Å². The highest BCUT2D eigenvalue weighted by Gasteiger charge is 2.18. The Morgan fingerprint density at radius 1 is 1.32 bits per heavy atom. The van der Waals surface area contributed by atoms with Crippen LogP contribution in [0.3, 0.4) is 0 Å². The lowest BCUT2D eigenvalue weighted by Gasteiger charge is -2.17. The number of aromatic nitrogens is 1. The van der Waals surface area contributed by atoms with Crippen LogP contribution in [0.5, 0.6) is 0 Å². The molecule has 0 unspecified atom stereocenters. The van der Waals surface area contributed by atoms with Crippen LogP contribution >= 0.6 is 11.6 Å². The second-order valence-corrected chi connectivity index (χ2v) is 6.72. The van der Waals surface area contributed by atoms with Gasteiger partial charge in [0.1, 0.15) is 6.07 Å². The Morgan fingerprint density at radius 2 is 2.05 bits per heavy atom. The molecule has 6 nitrogen and oxygen atoms in total. The Kier molecular flexibility index (Phi) is 4.54. The van der Waals surface area contributed by atoms with Crippen molar-refractivity contribution in [1.82, 2.24) is 4.98 Å². The van der Waals surface area contributed by atoms with Crippen LogP contribution in [0.25, 0.3) is 0 Å². The van der Waals surface area contributed by atoms with E-state index in [1.54, 1.807) is 37.3 Å². The molecule has 0 bridgehead atoms. The molecular formula is C14H13ClN4O2S. The van der Waals surface area contributed by atoms with Crippen molar-refractivity contribution in [3.05, 3.63) is 47.1 Å². The number of hydrogen-bond acceptors (Lipinski definition) is 5. The molecule has 1 N–H and O–H groups in total. The van der Waals surface area contributed by atoms with E-state index in [1.807, 2.05) is 6.07 Å². The number of nitriles is 1. The summed E-state index contributed by atoms with van der Waals surface area (Å²) in [6, 6.07) is 9.08. The Hall–Kier alpha value is -2.30. The maximum absolute atomic E-state index is 12.4. The molecule has 114 valence electrons. The minimum atomic E-state index is -3.83. The first-order valence-electron chi connectivity index (χ1n) is 6.20. The van der Waals surface area contributed by atoms with Crippen molar-refractivity contribution < 1.29 is 8.42 Å². The van der Waals surface area contributed by atoms with Gasteiger partial charge in [0.2, 0.25) is 0 Å². The quantitative estimate of drug-likeness (QED) is 0.926. The summed E-state index contributed by atoms with van der Waals surface area (Å²) in [7, 11) is -0.302. The first-order valence-corrected chi connectivity index (χ1v) is 8.06. The van der Waals surface area contributed by atoms with Crippen molar-refractivity contribution >= 4 is 33.1 Å². The molecule has 2 aromatic rings. The Bertz CT molecular complexity index is 844. The number of halogens is 1. The molecule has 1 heterocycles. The summed E-state index contributed by atoms with van der Waals surface area (Å²) < 4.78 is 27.3. The zero-order chi connectivity index (χ0) is 16.3. The smallest absolute Gasteiger partial charge is 0.262 e. The summed E-state index contributed by atoms with van der Waals surface area (Å²) in [5, 5.41) is 8.92. The molecule has 0 saturated heterocycles. The van der Waals surface area contributed by atoms with Crippen LogP contribution in [0.4, 0.5) is 11.5 Å². The van der Waals surface area contributed by atoms with Crippen LogP contribution in [-0.4, -0.2) is 27.5 Å². The van der Waals surface area contributed by atoms with Crippen LogP contribution in [0, 0.1) is 11.3 Å². The number of nitrogens with zero attached hydrogens (tertiary/aromatic N) is 3. The first kappa shape index (κ1) is 16.1. The molecule has 0 spiro atoms. The molecule has 0 aliphatic carbocycles. The summed E-state index contributed by atoms with van der Waals surface area (Å²) in [6.07, 6.45) is 1.58. The highest BCUT2D eigenvalue weighted by atomic mass is 35.5.